The lowest BCUT2D eigenvalue weighted by atomic mass is 10.1. The van der Waals surface area contributed by atoms with Gasteiger partial charge in [-0.15, -0.1) is 11.6 Å². The second kappa shape index (κ2) is 6.52. The van der Waals surface area contributed by atoms with Crippen molar-refractivity contribution in [1.82, 2.24) is 9.03 Å². The molecule has 0 saturated carbocycles. The van der Waals surface area contributed by atoms with Crippen molar-refractivity contribution < 1.29 is 8.42 Å². The highest BCUT2D eigenvalue weighted by Crippen LogP contribution is 2.08. The molecule has 0 bridgehead atoms. The summed E-state index contributed by atoms with van der Waals surface area (Å²) in [5.41, 5.74) is 1.92. The maximum atomic E-state index is 11.9. The van der Waals surface area contributed by atoms with Gasteiger partial charge in [0.2, 0.25) is 0 Å². The first-order valence-corrected chi connectivity index (χ1v) is 7.70. The van der Waals surface area contributed by atoms with Gasteiger partial charge < -0.3 is 0 Å². The Labute approximate surface area is 114 Å². The van der Waals surface area contributed by atoms with Gasteiger partial charge in [0.25, 0.3) is 10.2 Å². The maximum absolute atomic E-state index is 11.9. The van der Waals surface area contributed by atoms with Crippen molar-refractivity contribution >= 4 is 21.8 Å². The summed E-state index contributed by atoms with van der Waals surface area (Å²) < 4.78 is 27.6. The van der Waals surface area contributed by atoms with Crippen LogP contribution in [-0.2, 0) is 22.6 Å². The first-order valence-electron chi connectivity index (χ1n) is 5.73. The standard InChI is InChI=1S/C12H19ClN2O2S/c1-10(2)15(3)18(16,17)14-9-12-6-4-11(8-13)5-7-12/h4-7,10,14H,8-9H2,1-3H3. The SMILES string of the molecule is CC(C)N(C)S(=O)(=O)NCc1ccc(CCl)cc1. The molecule has 1 rings (SSSR count). The third-order valence-corrected chi connectivity index (χ3v) is 4.74. The maximum Gasteiger partial charge on any atom is 0.279 e. The van der Waals surface area contributed by atoms with Crippen LogP contribution in [0.25, 0.3) is 0 Å². The minimum Gasteiger partial charge on any atom is -0.198 e. The van der Waals surface area contributed by atoms with E-state index in [1.165, 1.54) is 4.31 Å². The summed E-state index contributed by atoms with van der Waals surface area (Å²) in [6, 6.07) is 7.46. The third-order valence-electron chi connectivity index (χ3n) is 2.74. The average Bonchev–Trinajstić information content (AvgIpc) is 2.36. The van der Waals surface area contributed by atoms with E-state index in [4.69, 9.17) is 11.6 Å². The third kappa shape index (κ3) is 4.24. The fourth-order valence-corrected chi connectivity index (χ4v) is 2.59. The molecule has 0 spiro atoms. The fourth-order valence-electron chi connectivity index (χ4n) is 1.30. The van der Waals surface area contributed by atoms with Crippen molar-refractivity contribution in [3.8, 4) is 0 Å². The van der Waals surface area contributed by atoms with E-state index < -0.39 is 10.2 Å². The van der Waals surface area contributed by atoms with Gasteiger partial charge in [0.1, 0.15) is 0 Å². The van der Waals surface area contributed by atoms with E-state index in [0.29, 0.717) is 5.88 Å². The molecule has 0 atom stereocenters. The molecule has 0 fully saturated rings. The molecule has 0 amide bonds. The van der Waals surface area contributed by atoms with Crippen LogP contribution in [0, 0.1) is 0 Å². The van der Waals surface area contributed by atoms with Crippen molar-refractivity contribution in [3.63, 3.8) is 0 Å². The molecule has 102 valence electrons. The Hall–Kier alpha value is -0.620. The molecule has 0 aliphatic rings. The van der Waals surface area contributed by atoms with Gasteiger partial charge in [-0.1, -0.05) is 24.3 Å². The van der Waals surface area contributed by atoms with Crippen molar-refractivity contribution in [2.75, 3.05) is 7.05 Å². The number of hydrogen-bond donors (Lipinski definition) is 1. The van der Waals surface area contributed by atoms with Crippen LogP contribution >= 0.6 is 11.6 Å². The van der Waals surface area contributed by atoms with Crippen molar-refractivity contribution in [2.24, 2.45) is 0 Å². The second-order valence-corrected chi connectivity index (χ2v) is 6.47. The highest BCUT2D eigenvalue weighted by atomic mass is 35.5. The smallest absolute Gasteiger partial charge is 0.198 e. The minimum absolute atomic E-state index is 0.0684. The molecule has 1 aromatic carbocycles. The van der Waals surface area contributed by atoms with Crippen molar-refractivity contribution in [2.45, 2.75) is 32.3 Å². The predicted molar refractivity (Wildman–Crippen MR) is 74.7 cm³/mol. The van der Waals surface area contributed by atoms with Gasteiger partial charge in [-0.3, -0.25) is 0 Å². The highest BCUT2D eigenvalue weighted by molar-refractivity contribution is 7.87. The van der Waals surface area contributed by atoms with Gasteiger partial charge in [-0.2, -0.15) is 17.4 Å². The Balaban J connectivity index is 2.64. The number of nitrogens with zero attached hydrogens (tertiary/aromatic N) is 1. The molecule has 0 aliphatic carbocycles. The van der Waals surface area contributed by atoms with Crippen LogP contribution in [0.2, 0.25) is 0 Å². The topological polar surface area (TPSA) is 49.4 Å². The zero-order valence-corrected chi connectivity index (χ0v) is 12.4. The molecule has 0 heterocycles. The Morgan fingerprint density at radius 1 is 1.22 bits per heavy atom. The van der Waals surface area contributed by atoms with Crippen LogP contribution in [-0.4, -0.2) is 25.8 Å². The Kier molecular flexibility index (Phi) is 5.59. The zero-order valence-electron chi connectivity index (χ0n) is 10.9. The lowest BCUT2D eigenvalue weighted by Gasteiger charge is -2.21. The predicted octanol–water partition coefficient (Wildman–Crippen LogP) is 2.10. The molecule has 0 saturated heterocycles. The van der Waals surface area contributed by atoms with Gasteiger partial charge in [0.05, 0.1) is 0 Å². The van der Waals surface area contributed by atoms with E-state index in [2.05, 4.69) is 4.72 Å². The number of alkyl halides is 1. The largest absolute Gasteiger partial charge is 0.279 e. The van der Waals surface area contributed by atoms with E-state index in [9.17, 15) is 8.42 Å². The summed E-state index contributed by atoms with van der Waals surface area (Å²) in [5, 5.41) is 0. The quantitative estimate of drug-likeness (QED) is 0.816. The van der Waals surface area contributed by atoms with Crippen LogP contribution in [0.4, 0.5) is 0 Å². The molecule has 4 nitrogen and oxygen atoms in total. The normalized spacial score (nSPS) is 12.3. The van der Waals surface area contributed by atoms with Crippen LogP contribution in [0.3, 0.4) is 0 Å². The van der Waals surface area contributed by atoms with Crippen molar-refractivity contribution in [3.05, 3.63) is 35.4 Å². The van der Waals surface area contributed by atoms with Gasteiger partial charge in [0.15, 0.2) is 0 Å². The van der Waals surface area contributed by atoms with Gasteiger partial charge in [-0.25, -0.2) is 0 Å². The summed E-state index contributed by atoms with van der Waals surface area (Å²) in [5.74, 6) is 0.460. The van der Waals surface area contributed by atoms with Gasteiger partial charge >= 0.3 is 0 Å². The fraction of sp³-hybridized carbons (Fsp3) is 0.500. The van der Waals surface area contributed by atoms with E-state index in [1.807, 2.05) is 38.1 Å². The monoisotopic (exact) mass is 290 g/mol. The lowest BCUT2D eigenvalue weighted by Crippen LogP contribution is -2.41. The Morgan fingerprint density at radius 3 is 2.17 bits per heavy atom. The molecule has 0 radical (unpaired) electrons. The number of halogens is 1. The Morgan fingerprint density at radius 2 is 1.72 bits per heavy atom. The highest BCUT2D eigenvalue weighted by Gasteiger charge is 2.19. The van der Waals surface area contributed by atoms with Gasteiger partial charge in [0, 0.05) is 25.5 Å². The molecule has 6 heteroatoms. The molecule has 0 unspecified atom stereocenters. The number of nitrogens with one attached hydrogen (secondary N) is 1. The molecular weight excluding hydrogens is 272 g/mol. The molecule has 1 aromatic rings. The first kappa shape index (κ1) is 15.4. The summed E-state index contributed by atoms with van der Waals surface area (Å²) in [6.45, 7) is 3.94. The first-order chi connectivity index (χ1) is 8.36. The van der Waals surface area contributed by atoms with E-state index in [-0.39, 0.29) is 12.6 Å². The number of benzene rings is 1. The second-order valence-electron chi connectivity index (χ2n) is 4.39. The van der Waals surface area contributed by atoms with Crippen LogP contribution < -0.4 is 4.72 Å². The summed E-state index contributed by atoms with van der Waals surface area (Å²) in [4.78, 5) is 0. The molecular formula is C12H19ClN2O2S. The van der Waals surface area contributed by atoms with Crippen LogP contribution in [0.15, 0.2) is 24.3 Å². The summed E-state index contributed by atoms with van der Waals surface area (Å²) in [7, 11) is -1.86. The summed E-state index contributed by atoms with van der Waals surface area (Å²) in [6.07, 6.45) is 0. The van der Waals surface area contributed by atoms with E-state index in [0.717, 1.165) is 11.1 Å². The summed E-state index contributed by atoms with van der Waals surface area (Å²) >= 11 is 5.69. The van der Waals surface area contributed by atoms with Gasteiger partial charge in [-0.05, 0) is 25.0 Å². The number of hydrogen-bond acceptors (Lipinski definition) is 2. The minimum atomic E-state index is -3.42. The molecule has 1 N–H and O–H groups in total. The molecule has 18 heavy (non-hydrogen) atoms. The lowest BCUT2D eigenvalue weighted by molar-refractivity contribution is 0.402. The molecule has 0 aliphatic heterocycles. The zero-order chi connectivity index (χ0) is 13.8. The van der Waals surface area contributed by atoms with E-state index in [1.54, 1.807) is 7.05 Å². The average molecular weight is 291 g/mol. The van der Waals surface area contributed by atoms with Crippen molar-refractivity contribution in [1.29, 1.82) is 0 Å². The Bertz CT molecular complexity index is 471. The number of rotatable bonds is 6. The van der Waals surface area contributed by atoms with E-state index >= 15 is 0 Å². The molecule has 0 aromatic heterocycles. The van der Waals surface area contributed by atoms with Crippen LogP contribution in [0.5, 0.6) is 0 Å². The van der Waals surface area contributed by atoms with Crippen LogP contribution in [0.1, 0.15) is 25.0 Å².